The van der Waals surface area contributed by atoms with Crippen molar-refractivity contribution >= 4 is 23.2 Å². The molecular weight excluding hydrogens is 345 g/mol. The van der Waals surface area contributed by atoms with E-state index in [2.05, 4.69) is 15.5 Å². The van der Waals surface area contributed by atoms with Gasteiger partial charge in [-0.1, -0.05) is 23.7 Å². The van der Waals surface area contributed by atoms with Crippen LogP contribution in [0.2, 0.25) is 5.02 Å². The number of aryl methyl sites for hydroxylation is 2. The lowest BCUT2D eigenvalue weighted by Gasteiger charge is -2.07. The number of benzene rings is 2. The van der Waals surface area contributed by atoms with Gasteiger partial charge in [0.25, 0.3) is 5.89 Å². The Labute approximate surface area is 148 Å². The van der Waals surface area contributed by atoms with Crippen LogP contribution in [0.1, 0.15) is 17.9 Å². The van der Waals surface area contributed by atoms with Gasteiger partial charge in [0.1, 0.15) is 5.82 Å². The van der Waals surface area contributed by atoms with Gasteiger partial charge in [0.2, 0.25) is 11.8 Å². The molecule has 1 N–H and O–H groups in total. The number of amides is 1. The van der Waals surface area contributed by atoms with Crippen LogP contribution in [0.15, 0.2) is 46.9 Å². The molecule has 0 unspecified atom stereocenters. The van der Waals surface area contributed by atoms with Gasteiger partial charge in [-0.25, -0.2) is 4.39 Å². The molecule has 5 nitrogen and oxygen atoms in total. The van der Waals surface area contributed by atoms with E-state index in [1.54, 1.807) is 36.4 Å². The molecule has 1 aromatic heterocycles. The summed E-state index contributed by atoms with van der Waals surface area (Å²) in [6.07, 6.45) is 0.431. The molecule has 0 saturated carbocycles. The van der Waals surface area contributed by atoms with Crippen LogP contribution in [-0.4, -0.2) is 16.1 Å². The summed E-state index contributed by atoms with van der Waals surface area (Å²) in [7, 11) is 0. The van der Waals surface area contributed by atoms with Gasteiger partial charge < -0.3 is 9.73 Å². The third kappa shape index (κ3) is 4.22. The van der Waals surface area contributed by atoms with E-state index in [0.717, 1.165) is 5.56 Å². The number of hydrogen-bond donors (Lipinski definition) is 1. The van der Waals surface area contributed by atoms with Gasteiger partial charge in [0.05, 0.1) is 5.56 Å². The number of nitrogens with one attached hydrogen (secondary N) is 1. The summed E-state index contributed by atoms with van der Waals surface area (Å²) in [5.74, 6) is -0.243. The molecule has 25 heavy (non-hydrogen) atoms. The summed E-state index contributed by atoms with van der Waals surface area (Å²) in [4.78, 5) is 12.1. The highest BCUT2D eigenvalue weighted by molar-refractivity contribution is 6.30. The van der Waals surface area contributed by atoms with Gasteiger partial charge in [-0.05, 0) is 42.8 Å². The van der Waals surface area contributed by atoms with E-state index in [-0.39, 0.29) is 36.1 Å². The van der Waals surface area contributed by atoms with E-state index in [0.29, 0.717) is 10.7 Å². The summed E-state index contributed by atoms with van der Waals surface area (Å²) >= 11 is 5.89. The standard InChI is InChI=1S/C18H15ClFN3O2/c1-11-10-12(19)6-7-15(11)21-16(24)8-9-17-22-23-18(25-17)13-4-2-3-5-14(13)20/h2-7,10H,8-9H2,1H3,(H,21,24). The molecule has 3 aromatic rings. The lowest BCUT2D eigenvalue weighted by atomic mass is 10.2. The van der Waals surface area contributed by atoms with E-state index >= 15 is 0 Å². The SMILES string of the molecule is Cc1cc(Cl)ccc1NC(=O)CCc1nnc(-c2ccccc2F)o1. The zero-order valence-electron chi connectivity index (χ0n) is 13.4. The van der Waals surface area contributed by atoms with Crippen molar-refractivity contribution in [2.75, 3.05) is 5.32 Å². The van der Waals surface area contributed by atoms with E-state index in [9.17, 15) is 9.18 Å². The monoisotopic (exact) mass is 359 g/mol. The van der Waals surface area contributed by atoms with Crippen LogP contribution in [0.25, 0.3) is 11.5 Å². The Morgan fingerprint density at radius 3 is 2.80 bits per heavy atom. The minimum atomic E-state index is -0.436. The number of carbonyl (C=O) groups is 1. The molecule has 0 aliphatic heterocycles. The molecule has 0 aliphatic rings. The first-order valence-corrected chi connectivity index (χ1v) is 8.04. The predicted molar refractivity (Wildman–Crippen MR) is 92.8 cm³/mol. The second kappa shape index (κ2) is 7.44. The molecule has 0 bridgehead atoms. The Bertz CT molecular complexity index is 911. The van der Waals surface area contributed by atoms with Crippen molar-refractivity contribution in [2.24, 2.45) is 0 Å². The van der Waals surface area contributed by atoms with Gasteiger partial charge in [0.15, 0.2) is 0 Å². The maximum atomic E-state index is 13.7. The van der Waals surface area contributed by atoms with Crippen molar-refractivity contribution in [3.05, 3.63) is 64.8 Å². The minimum absolute atomic E-state index is 0.0991. The number of rotatable bonds is 5. The zero-order valence-corrected chi connectivity index (χ0v) is 14.2. The Balaban J connectivity index is 1.60. The first kappa shape index (κ1) is 17.1. The quantitative estimate of drug-likeness (QED) is 0.732. The van der Waals surface area contributed by atoms with Crippen molar-refractivity contribution in [1.29, 1.82) is 0 Å². The summed E-state index contributed by atoms with van der Waals surface area (Å²) in [6, 6.07) is 11.4. The highest BCUT2D eigenvalue weighted by atomic mass is 35.5. The third-order valence-corrected chi connectivity index (χ3v) is 3.83. The Morgan fingerprint density at radius 1 is 1.24 bits per heavy atom. The predicted octanol–water partition coefficient (Wildman–Crippen LogP) is 4.41. The molecule has 0 atom stereocenters. The largest absolute Gasteiger partial charge is 0.421 e. The average Bonchev–Trinajstić information content (AvgIpc) is 3.05. The van der Waals surface area contributed by atoms with Gasteiger partial charge in [-0.3, -0.25) is 4.79 Å². The Morgan fingerprint density at radius 2 is 2.04 bits per heavy atom. The Hall–Kier alpha value is -2.73. The highest BCUT2D eigenvalue weighted by Crippen LogP contribution is 2.22. The van der Waals surface area contributed by atoms with E-state index < -0.39 is 5.82 Å². The van der Waals surface area contributed by atoms with Crippen molar-refractivity contribution in [3.63, 3.8) is 0 Å². The molecule has 7 heteroatoms. The summed E-state index contributed by atoms with van der Waals surface area (Å²) in [5, 5.41) is 11.1. The number of nitrogens with zero attached hydrogens (tertiary/aromatic N) is 2. The number of hydrogen-bond acceptors (Lipinski definition) is 4. The summed E-state index contributed by atoms with van der Waals surface area (Å²) in [5.41, 5.74) is 1.81. The normalized spacial score (nSPS) is 10.7. The van der Waals surface area contributed by atoms with Crippen LogP contribution >= 0.6 is 11.6 Å². The van der Waals surface area contributed by atoms with Crippen LogP contribution < -0.4 is 5.32 Å². The third-order valence-electron chi connectivity index (χ3n) is 3.60. The fourth-order valence-electron chi connectivity index (χ4n) is 2.30. The second-order valence-electron chi connectivity index (χ2n) is 5.49. The molecule has 0 spiro atoms. The molecule has 1 amide bonds. The lowest BCUT2D eigenvalue weighted by molar-refractivity contribution is -0.116. The first-order chi connectivity index (χ1) is 12.0. The molecule has 128 valence electrons. The minimum Gasteiger partial charge on any atom is -0.421 e. The number of halogens is 2. The van der Waals surface area contributed by atoms with Crippen molar-refractivity contribution < 1.29 is 13.6 Å². The van der Waals surface area contributed by atoms with Crippen LogP contribution in [0.3, 0.4) is 0 Å². The molecular formula is C18H15ClFN3O2. The van der Waals surface area contributed by atoms with Gasteiger partial charge in [-0.2, -0.15) is 0 Å². The van der Waals surface area contributed by atoms with Crippen molar-refractivity contribution in [2.45, 2.75) is 19.8 Å². The van der Waals surface area contributed by atoms with E-state index in [1.807, 2.05) is 6.92 Å². The smallest absolute Gasteiger partial charge is 0.250 e. The molecule has 1 heterocycles. The number of aromatic nitrogens is 2. The van der Waals surface area contributed by atoms with Crippen molar-refractivity contribution in [3.8, 4) is 11.5 Å². The maximum Gasteiger partial charge on any atom is 0.250 e. The Kier molecular flexibility index (Phi) is 5.09. The fraction of sp³-hybridized carbons (Fsp3) is 0.167. The molecule has 0 fully saturated rings. The molecule has 2 aromatic carbocycles. The zero-order chi connectivity index (χ0) is 17.8. The van der Waals surface area contributed by atoms with E-state index in [1.165, 1.54) is 6.07 Å². The number of carbonyl (C=O) groups excluding carboxylic acids is 1. The molecule has 0 saturated heterocycles. The van der Waals surface area contributed by atoms with Crippen LogP contribution in [-0.2, 0) is 11.2 Å². The van der Waals surface area contributed by atoms with Crippen LogP contribution in [0.4, 0.5) is 10.1 Å². The van der Waals surface area contributed by atoms with Crippen molar-refractivity contribution in [1.82, 2.24) is 10.2 Å². The topological polar surface area (TPSA) is 68.0 Å². The van der Waals surface area contributed by atoms with Crippen LogP contribution in [0, 0.1) is 12.7 Å². The van der Waals surface area contributed by atoms with Gasteiger partial charge in [-0.15, -0.1) is 10.2 Å². The van der Waals surface area contributed by atoms with Crippen LogP contribution in [0.5, 0.6) is 0 Å². The molecule has 3 rings (SSSR count). The maximum absolute atomic E-state index is 13.7. The lowest BCUT2D eigenvalue weighted by Crippen LogP contribution is -2.13. The molecule has 0 radical (unpaired) electrons. The number of anilines is 1. The summed E-state index contributed by atoms with van der Waals surface area (Å²) in [6.45, 7) is 1.86. The van der Waals surface area contributed by atoms with E-state index in [4.69, 9.17) is 16.0 Å². The second-order valence-corrected chi connectivity index (χ2v) is 5.92. The molecule has 0 aliphatic carbocycles. The average molecular weight is 360 g/mol. The highest BCUT2D eigenvalue weighted by Gasteiger charge is 2.13. The van der Waals surface area contributed by atoms with Gasteiger partial charge >= 0.3 is 0 Å². The van der Waals surface area contributed by atoms with Gasteiger partial charge in [0, 0.05) is 23.6 Å². The summed E-state index contributed by atoms with van der Waals surface area (Å²) < 4.78 is 19.1. The fourth-order valence-corrected chi connectivity index (χ4v) is 2.53. The first-order valence-electron chi connectivity index (χ1n) is 7.66.